The van der Waals surface area contributed by atoms with E-state index in [4.69, 9.17) is 0 Å². The summed E-state index contributed by atoms with van der Waals surface area (Å²) in [4.78, 5) is 65.2. The number of Topliss-reactive ketones (excluding diaryl/α,β-unsaturated/α-hetero) is 2. The van der Waals surface area contributed by atoms with Gasteiger partial charge in [-0.1, -0.05) is 107 Å². The van der Waals surface area contributed by atoms with E-state index in [0.29, 0.717) is 24.0 Å². The molecular weight excluding hydrogens is 717 g/mol. The molecule has 4 amide bonds. The molecule has 2 unspecified atom stereocenters. The molecule has 2 atom stereocenters. The van der Waals surface area contributed by atoms with Gasteiger partial charge in [0.2, 0.25) is 23.6 Å². The molecule has 0 bridgehead atoms. The normalized spacial score (nSPS) is 10.8. The second-order valence-corrected chi connectivity index (χ2v) is 15.4. The van der Waals surface area contributed by atoms with Gasteiger partial charge >= 0.3 is 0 Å². The standard InChI is InChI=1S/C17H18N2O2.C14H28N2O2.C12H22O2.4CH4/c1-12(20)18-16-7-3-14(4-8-16)11-15-5-9-17(10-6-15)19-13(2)21;1-10(9-15-11(2)17)7-13(16-12(3)18)8-14(4,5)6;1-11(13)9-7-5-3-4-6-8-10-12(2)14;;;;/h3-10H,11H2,1-2H3,(H,18,20)(H,19,21);10,13H,7-9H2,1-6H3,(H,15,17)(H,16,18);3-10H2,1-2H3;4*1H4. The number of anilines is 2. The van der Waals surface area contributed by atoms with Crippen LogP contribution in [0, 0.1) is 11.3 Å². The van der Waals surface area contributed by atoms with Crippen molar-refractivity contribution in [2.24, 2.45) is 11.3 Å². The Morgan fingerprint density at radius 1 is 0.544 bits per heavy atom. The fourth-order valence-electron chi connectivity index (χ4n) is 5.62. The summed E-state index contributed by atoms with van der Waals surface area (Å²) in [5, 5.41) is 11.3. The number of unbranched alkanes of at least 4 members (excludes halogenated alkanes) is 5. The highest BCUT2D eigenvalue weighted by Gasteiger charge is 2.21. The number of amides is 4. The summed E-state index contributed by atoms with van der Waals surface area (Å²) < 4.78 is 0. The molecule has 57 heavy (non-hydrogen) atoms. The summed E-state index contributed by atoms with van der Waals surface area (Å²) in [6.45, 7) is 18.6. The summed E-state index contributed by atoms with van der Waals surface area (Å²) in [6.07, 6.45) is 10.9. The molecule has 10 nitrogen and oxygen atoms in total. The molecule has 0 radical (unpaired) electrons. The number of rotatable bonds is 19. The largest absolute Gasteiger partial charge is 0.356 e. The van der Waals surface area contributed by atoms with Crippen LogP contribution in [0.3, 0.4) is 0 Å². The van der Waals surface area contributed by atoms with Crippen LogP contribution in [-0.2, 0) is 35.2 Å². The van der Waals surface area contributed by atoms with Crippen molar-refractivity contribution < 1.29 is 28.8 Å². The number of carbonyl (C=O) groups is 6. The highest BCUT2D eigenvalue weighted by atomic mass is 16.2. The maximum absolute atomic E-state index is 11.2. The maximum atomic E-state index is 11.2. The van der Waals surface area contributed by atoms with Crippen LogP contribution < -0.4 is 21.3 Å². The first-order valence-corrected chi connectivity index (χ1v) is 19.0. The van der Waals surface area contributed by atoms with E-state index in [-0.39, 0.29) is 64.8 Å². The molecule has 2 aromatic rings. The average Bonchev–Trinajstić information content (AvgIpc) is 3.02. The van der Waals surface area contributed by atoms with Crippen molar-refractivity contribution >= 4 is 46.6 Å². The Balaban J connectivity index is -0.000000234. The van der Waals surface area contributed by atoms with Crippen LogP contribution in [0.15, 0.2) is 48.5 Å². The van der Waals surface area contributed by atoms with E-state index in [1.54, 1.807) is 20.8 Å². The molecule has 0 aliphatic heterocycles. The number of hydrogen-bond acceptors (Lipinski definition) is 6. The maximum Gasteiger partial charge on any atom is 0.221 e. The minimum atomic E-state index is -0.0729. The first kappa shape index (κ1) is 61.9. The van der Waals surface area contributed by atoms with Gasteiger partial charge in [0, 0.05) is 64.5 Å². The van der Waals surface area contributed by atoms with Gasteiger partial charge in [0.15, 0.2) is 0 Å². The third kappa shape index (κ3) is 39.7. The van der Waals surface area contributed by atoms with Crippen LogP contribution in [0.4, 0.5) is 11.4 Å². The fraction of sp³-hybridized carbons (Fsp3) is 0.617. The SMILES string of the molecule is C.C.C.C.CC(=O)CCCCCCCCC(C)=O.CC(=O)NCC(C)CC(CC(C)(C)C)NC(C)=O.CC(=O)Nc1ccc(Cc2ccc(NC(C)=O)cc2)cc1. The summed E-state index contributed by atoms with van der Waals surface area (Å²) in [7, 11) is 0. The van der Waals surface area contributed by atoms with E-state index in [1.807, 2.05) is 48.5 Å². The molecule has 10 heteroatoms. The van der Waals surface area contributed by atoms with Crippen molar-refractivity contribution in [2.75, 3.05) is 17.2 Å². The van der Waals surface area contributed by atoms with Gasteiger partial charge in [0.1, 0.15) is 11.6 Å². The van der Waals surface area contributed by atoms with E-state index in [9.17, 15) is 28.8 Å². The molecular formula is C47H84N4O6. The zero-order valence-corrected chi connectivity index (χ0v) is 34.2. The third-order valence-electron chi connectivity index (χ3n) is 7.92. The van der Waals surface area contributed by atoms with Crippen molar-refractivity contribution in [3.63, 3.8) is 0 Å². The molecule has 0 aliphatic rings. The second-order valence-electron chi connectivity index (χ2n) is 15.4. The Morgan fingerprint density at radius 2 is 0.912 bits per heavy atom. The average molecular weight is 801 g/mol. The van der Waals surface area contributed by atoms with Gasteiger partial charge in [-0.15, -0.1) is 0 Å². The van der Waals surface area contributed by atoms with Gasteiger partial charge in [0.05, 0.1) is 0 Å². The second kappa shape index (κ2) is 34.9. The third-order valence-corrected chi connectivity index (χ3v) is 7.92. The number of hydrogen-bond donors (Lipinski definition) is 4. The number of carbonyl (C=O) groups excluding carboxylic acids is 6. The van der Waals surface area contributed by atoms with Crippen molar-refractivity contribution in [2.45, 2.75) is 176 Å². The molecule has 328 valence electrons. The lowest BCUT2D eigenvalue weighted by Gasteiger charge is -2.28. The van der Waals surface area contributed by atoms with Gasteiger partial charge in [-0.25, -0.2) is 0 Å². The van der Waals surface area contributed by atoms with Crippen LogP contribution in [0.25, 0.3) is 0 Å². The Morgan fingerprint density at radius 3 is 1.21 bits per heavy atom. The highest BCUT2D eigenvalue weighted by molar-refractivity contribution is 5.89. The Kier molecular flexibility index (Phi) is 37.9. The quantitative estimate of drug-likeness (QED) is 0.104. The number of benzene rings is 2. The van der Waals surface area contributed by atoms with Gasteiger partial charge in [0.25, 0.3) is 0 Å². The lowest BCUT2D eigenvalue weighted by Crippen LogP contribution is -2.39. The van der Waals surface area contributed by atoms with E-state index in [0.717, 1.165) is 80.3 Å². The highest BCUT2D eigenvalue weighted by Crippen LogP contribution is 2.24. The van der Waals surface area contributed by atoms with E-state index in [2.05, 4.69) is 49.0 Å². The molecule has 2 rings (SSSR count). The summed E-state index contributed by atoms with van der Waals surface area (Å²) in [5.41, 5.74) is 4.10. The predicted octanol–water partition coefficient (Wildman–Crippen LogP) is 11.1. The van der Waals surface area contributed by atoms with Gasteiger partial charge in [-0.05, 0) is 92.7 Å². The topological polar surface area (TPSA) is 151 Å². The van der Waals surface area contributed by atoms with Gasteiger partial charge < -0.3 is 30.9 Å². The van der Waals surface area contributed by atoms with E-state index < -0.39 is 0 Å². The summed E-state index contributed by atoms with van der Waals surface area (Å²) in [6, 6.07) is 15.7. The van der Waals surface area contributed by atoms with Gasteiger partial charge in [-0.3, -0.25) is 19.2 Å². The lowest BCUT2D eigenvalue weighted by molar-refractivity contribution is -0.120. The van der Waals surface area contributed by atoms with Crippen LogP contribution in [0.2, 0.25) is 0 Å². The molecule has 4 N–H and O–H groups in total. The van der Waals surface area contributed by atoms with E-state index >= 15 is 0 Å². The van der Waals surface area contributed by atoms with Crippen molar-refractivity contribution in [1.29, 1.82) is 0 Å². The van der Waals surface area contributed by atoms with Gasteiger partial charge in [-0.2, -0.15) is 0 Å². The molecule has 0 heterocycles. The lowest BCUT2D eigenvalue weighted by atomic mass is 9.85. The zero-order valence-electron chi connectivity index (χ0n) is 34.2. The molecule has 0 fully saturated rings. The number of nitrogens with one attached hydrogen (secondary N) is 4. The first-order valence-electron chi connectivity index (χ1n) is 19.0. The Bertz CT molecular complexity index is 1320. The van der Waals surface area contributed by atoms with Crippen molar-refractivity contribution in [3.05, 3.63) is 59.7 Å². The number of ketones is 2. The van der Waals surface area contributed by atoms with Crippen LogP contribution in [-0.4, -0.2) is 47.8 Å². The molecule has 0 saturated carbocycles. The summed E-state index contributed by atoms with van der Waals surface area (Å²) >= 11 is 0. The fourth-order valence-corrected chi connectivity index (χ4v) is 5.62. The van der Waals surface area contributed by atoms with Crippen LogP contribution >= 0.6 is 0 Å². The molecule has 0 spiro atoms. The smallest absolute Gasteiger partial charge is 0.221 e. The van der Waals surface area contributed by atoms with Crippen LogP contribution in [0.5, 0.6) is 0 Å². The zero-order chi connectivity index (χ0) is 40.4. The Hall–Kier alpha value is -4.34. The summed E-state index contributed by atoms with van der Waals surface area (Å²) in [5.74, 6) is 0.800. The molecule has 0 aromatic heterocycles. The first-order chi connectivity index (χ1) is 24.7. The Labute approximate surface area is 348 Å². The predicted molar refractivity (Wildman–Crippen MR) is 244 cm³/mol. The molecule has 0 aliphatic carbocycles. The van der Waals surface area contributed by atoms with Crippen molar-refractivity contribution in [3.8, 4) is 0 Å². The molecule has 2 aromatic carbocycles. The van der Waals surface area contributed by atoms with Crippen molar-refractivity contribution in [1.82, 2.24) is 10.6 Å². The van der Waals surface area contributed by atoms with E-state index in [1.165, 1.54) is 33.6 Å². The molecule has 0 saturated heterocycles. The van der Waals surface area contributed by atoms with Crippen LogP contribution in [0.1, 0.15) is 174 Å². The minimum absolute atomic E-state index is 0. The minimum Gasteiger partial charge on any atom is -0.356 e. The monoisotopic (exact) mass is 801 g/mol.